The van der Waals surface area contributed by atoms with Gasteiger partial charge in [-0.1, -0.05) is 48.5 Å². The average molecular weight is 429 g/mol. The van der Waals surface area contributed by atoms with Crippen molar-refractivity contribution < 1.29 is 0 Å². The summed E-state index contributed by atoms with van der Waals surface area (Å²) in [5, 5.41) is 18.9. The molecular weight excluding hydrogens is 403 g/mol. The van der Waals surface area contributed by atoms with Gasteiger partial charge in [0.25, 0.3) is 0 Å². The SMILES string of the molecule is Cl.Cl.c1ccc2c(Cc3[nH]nc4cccc(NC5CCCNC5)c34)cccc2c1. The highest BCUT2D eigenvalue weighted by Gasteiger charge is 2.16. The number of anilines is 1. The normalized spacial score (nSPS) is 16.2. The zero-order valence-electron chi connectivity index (χ0n) is 16.2. The maximum atomic E-state index is 4.57. The first-order valence-corrected chi connectivity index (χ1v) is 9.78. The summed E-state index contributed by atoms with van der Waals surface area (Å²) in [4.78, 5) is 0. The Kier molecular flexibility index (Phi) is 7.01. The largest absolute Gasteiger partial charge is 0.380 e. The molecule has 0 spiro atoms. The van der Waals surface area contributed by atoms with Gasteiger partial charge < -0.3 is 10.6 Å². The third kappa shape index (κ3) is 4.35. The minimum Gasteiger partial charge on any atom is -0.380 e. The van der Waals surface area contributed by atoms with Crippen molar-refractivity contribution >= 4 is 52.2 Å². The first-order chi connectivity index (χ1) is 13.4. The molecule has 0 bridgehead atoms. The molecule has 0 amide bonds. The fourth-order valence-electron chi connectivity index (χ4n) is 4.21. The molecule has 1 aliphatic heterocycles. The summed E-state index contributed by atoms with van der Waals surface area (Å²) in [5.41, 5.74) is 4.71. The molecule has 1 saturated heterocycles. The van der Waals surface area contributed by atoms with Crippen LogP contribution in [0.5, 0.6) is 0 Å². The number of benzene rings is 3. The monoisotopic (exact) mass is 428 g/mol. The lowest BCUT2D eigenvalue weighted by Gasteiger charge is -2.25. The van der Waals surface area contributed by atoms with Gasteiger partial charge >= 0.3 is 0 Å². The van der Waals surface area contributed by atoms with Gasteiger partial charge in [0.15, 0.2) is 0 Å². The van der Waals surface area contributed by atoms with E-state index in [1.165, 1.54) is 45.9 Å². The molecule has 152 valence electrons. The minimum atomic E-state index is 0. The van der Waals surface area contributed by atoms with Crippen LogP contribution in [-0.4, -0.2) is 29.3 Å². The van der Waals surface area contributed by atoms with Gasteiger partial charge in [-0.25, -0.2) is 0 Å². The van der Waals surface area contributed by atoms with Crippen LogP contribution < -0.4 is 10.6 Å². The van der Waals surface area contributed by atoms with Crippen LogP contribution in [-0.2, 0) is 6.42 Å². The summed E-state index contributed by atoms with van der Waals surface area (Å²) in [6.45, 7) is 2.15. The van der Waals surface area contributed by atoms with Crippen molar-refractivity contribution in [2.75, 3.05) is 18.4 Å². The minimum absolute atomic E-state index is 0. The molecule has 4 nitrogen and oxygen atoms in total. The molecule has 0 saturated carbocycles. The second-order valence-electron chi connectivity index (χ2n) is 7.40. The Bertz CT molecular complexity index is 1080. The lowest BCUT2D eigenvalue weighted by atomic mass is 9.99. The van der Waals surface area contributed by atoms with Crippen molar-refractivity contribution in [3.05, 3.63) is 71.9 Å². The van der Waals surface area contributed by atoms with Gasteiger partial charge in [0.1, 0.15) is 0 Å². The number of piperidine rings is 1. The number of hydrogen-bond donors (Lipinski definition) is 3. The maximum absolute atomic E-state index is 4.57. The van der Waals surface area contributed by atoms with E-state index in [0.717, 1.165) is 25.0 Å². The number of H-pyrrole nitrogens is 1. The fraction of sp³-hybridized carbons (Fsp3) is 0.261. The molecule has 0 aliphatic carbocycles. The van der Waals surface area contributed by atoms with Crippen LogP contribution in [0.15, 0.2) is 60.7 Å². The van der Waals surface area contributed by atoms with Crippen molar-refractivity contribution in [3.63, 3.8) is 0 Å². The third-order valence-corrected chi connectivity index (χ3v) is 5.56. The second kappa shape index (κ2) is 9.49. The lowest BCUT2D eigenvalue weighted by molar-refractivity contribution is 0.480. The lowest BCUT2D eigenvalue weighted by Crippen LogP contribution is -2.38. The highest BCUT2D eigenvalue weighted by atomic mass is 35.5. The van der Waals surface area contributed by atoms with Crippen molar-refractivity contribution in [2.45, 2.75) is 25.3 Å². The van der Waals surface area contributed by atoms with Gasteiger partial charge in [-0.15, -0.1) is 24.8 Å². The zero-order valence-corrected chi connectivity index (χ0v) is 17.8. The Morgan fingerprint density at radius 2 is 1.79 bits per heavy atom. The fourth-order valence-corrected chi connectivity index (χ4v) is 4.21. The van der Waals surface area contributed by atoms with Gasteiger partial charge in [-0.3, -0.25) is 5.10 Å². The van der Waals surface area contributed by atoms with E-state index in [4.69, 9.17) is 0 Å². The Labute approximate surface area is 183 Å². The third-order valence-electron chi connectivity index (χ3n) is 5.56. The van der Waals surface area contributed by atoms with Crippen LogP contribution >= 0.6 is 24.8 Å². The zero-order chi connectivity index (χ0) is 18.1. The Balaban J connectivity index is 0.00000120. The summed E-state index contributed by atoms with van der Waals surface area (Å²) in [6, 6.07) is 21.9. The molecule has 29 heavy (non-hydrogen) atoms. The first kappa shape index (κ1) is 21.4. The Morgan fingerprint density at radius 3 is 2.66 bits per heavy atom. The van der Waals surface area contributed by atoms with Gasteiger partial charge in [-0.2, -0.15) is 5.10 Å². The van der Waals surface area contributed by atoms with Crippen molar-refractivity contribution in [2.24, 2.45) is 0 Å². The number of aromatic nitrogens is 2. The predicted molar refractivity (Wildman–Crippen MR) is 127 cm³/mol. The highest BCUT2D eigenvalue weighted by Crippen LogP contribution is 2.29. The van der Waals surface area contributed by atoms with Crippen molar-refractivity contribution in [1.29, 1.82) is 0 Å². The van der Waals surface area contributed by atoms with Crippen molar-refractivity contribution in [3.8, 4) is 0 Å². The second-order valence-corrected chi connectivity index (χ2v) is 7.40. The summed E-state index contributed by atoms with van der Waals surface area (Å²) in [7, 11) is 0. The Hall–Kier alpha value is -2.27. The van der Waals surface area contributed by atoms with Crippen LogP contribution in [0.1, 0.15) is 24.1 Å². The van der Waals surface area contributed by atoms with Crippen LogP contribution in [0.2, 0.25) is 0 Å². The van der Waals surface area contributed by atoms with Crippen LogP contribution in [0.3, 0.4) is 0 Å². The number of fused-ring (bicyclic) bond motifs is 2. The van der Waals surface area contributed by atoms with E-state index in [1.54, 1.807) is 0 Å². The molecule has 2 heterocycles. The van der Waals surface area contributed by atoms with Crippen LogP contribution in [0.4, 0.5) is 5.69 Å². The maximum Gasteiger partial charge on any atom is 0.0944 e. The number of nitrogens with one attached hydrogen (secondary N) is 3. The van der Waals surface area contributed by atoms with Gasteiger partial charge in [0.05, 0.1) is 5.52 Å². The standard InChI is InChI=1S/C23H24N4.2ClH/c1-2-10-19-16(6-1)7-3-8-17(19)14-22-23-20(11-4-12-21(23)26-27-22)25-18-9-5-13-24-15-18;;/h1-4,6-8,10-12,18,24-25H,5,9,13-15H2,(H,26,27);2*1H. The molecule has 1 aromatic heterocycles. The van der Waals surface area contributed by atoms with E-state index in [0.29, 0.717) is 6.04 Å². The van der Waals surface area contributed by atoms with Gasteiger partial charge in [0, 0.05) is 35.8 Å². The summed E-state index contributed by atoms with van der Waals surface area (Å²) < 4.78 is 0. The van der Waals surface area contributed by atoms with Crippen LogP contribution in [0, 0.1) is 0 Å². The van der Waals surface area contributed by atoms with E-state index >= 15 is 0 Å². The summed E-state index contributed by atoms with van der Waals surface area (Å²) in [6.07, 6.45) is 3.28. The number of halogens is 2. The number of hydrogen-bond acceptors (Lipinski definition) is 3. The molecule has 3 aromatic carbocycles. The number of aromatic amines is 1. The van der Waals surface area contributed by atoms with Gasteiger partial charge in [-0.05, 0) is 47.9 Å². The molecular formula is C23H26Cl2N4. The summed E-state index contributed by atoms with van der Waals surface area (Å²) >= 11 is 0. The first-order valence-electron chi connectivity index (χ1n) is 9.78. The van der Waals surface area contributed by atoms with E-state index < -0.39 is 0 Å². The van der Waals surface area contributed by atoms with E-state index in [-0.39, 0.29) is 24.8 Å². The van der Waals surface area contributed by atoms with Crippen LogP contribution in [0.25, 0.3) is 21.7 Å². The molecule has 1 atom stereocenters. The quantitative estimate of drug-likeness (QED) is 0.412. The molecule has 4 aromatic rings. The number of nitrogens with zero attached hydrogens (tertiary/aromatic N) is 1. The Morgan fingerprint density at radius 1 is 0.966 bits per heavy atom. The molecule has 1 unspecified atom stereocenters. The predicted octanol–water partition coefficient (Wildman–Crippen LogP) is 5.31. The van der Waals surface area contributed by atoms with E-state index in [1.807, 2.05) is 0 Å². The summed E-state index contributed by atoms with van der Waals surface area (Å²) in [5.74, 6) is 0. The average Bonchev–Trinajstić information content (AvgIpc) is 3.13. The van der Waals surface area contributed by atoms with Gasteiger partial charge in [0.2, 0.25) is 0 Å². The van der Waals surface area contributed by atoms with E-state index in [9.17, 15) is 0 Å². The molecule has 0 radical (unpaired) electrons. The number of rotatable bonds is 4. The molecule has 5 rings (SSSR count). The topological polar surface area (TPSA) is 52.7 Å². The molecule has 1 aliphatic rings. The smallest absolute Gasteiger partial charge is 0.0944 e. The highest BCUT2D eigenvalue weighted by molar-refractivity contribution is 5.94. The molecule has 3 N–H and O–H groups in total. The van der Waals surface area contributed by atoms with Crippen molar-refractivity contribution in [1.82, 2.24) is 15.5 Å². The van der Waals surface area contributed by atoms with E-state index in [2.05, 4.69) is 81.5 Å². The molecule has 6 heteroatoms. The molecule has 1 fully saturated rings.